The smallest absolute Gasteiger partial charge is 0.306 e. The fourth-order valence-electron chi connectivity index (χ4n) is 4.64. The van der Waals surface area contributed by atoms with Crippen molar-refractivity contribution in [2.24, 2.45) is 5.92 Å². The van der Waals surface area contributed by atoms with Crippen LogP contribution in [0.2, 0.25) is 5.04 Å². The Morgan fingerprint density at radius 1 is 1.00 bits per heavy atom. The summed E-state index contributed by atoms with van der Waals surface area (Å²) < 4.78 is 18.3. The maximum atomic E-state index is 11.7. The van der Waals surface area contributed by atoms with Gasteiger partial charge in [-0.1, -0.05) is 81.4 Å². The molecule has 0 saturated carbocycles. The minimum atomic E-state index is -2.58. The summed E-state index contributed by atoms with van der Waals surface area (Å²) in [6, 6.07) is 21.2. The van der Waals surface area contributed by atoms with E-state index in [-0.39, 0.29) is 29.1 Å². The molecule has 0 amide bonds. The van der Waals surface area contributed by atoms with E-state index in [1.807, 2.05) is 12.1 Å². The first-order valence-electron chi connectivity index (χ1n) is 9.98. The fourth-order valence-corrected chi connectivity index (χ4v) is 9.21. The van der Waals surface area contributed by atoms with Crippen LogP contribution in [-0.4, -0.2) is 39.7 Å². The predicted octanol–water partition coefficient (Wildman–Crippen LogP) is 2.89. The summed E-state index contributed by atoms with van der Waals surface area (Å²) in [7, 11) is -2.58. The molecule has 2 aromatic rings. The molecule has 0 bridgehead atoms. The van der Waals surface area contributed by atoms with Crippen molar-refractivity contribution >= 4 is 24.7 Å². The third kappa shape index (κ3) is 3.32. The minimum Gasteiger partial charge on any atom is -0.459 e. The van der Waals surface area contributed by atoms with Crippen LogP contribution in [-0.2, 0) is 18.7 Å². The van der Waals surface area contributed by atoms with Gasteiger partial charge >= 0.3 is 5.97 Å². The minimum absolute atomic E-state index is 0.0737. The summed E-state index contributed by atoms with van der Waals surface area (Å²) in [6.07, 6.45) is 0.220. The molecule has 4 nitrogen and oxygen atoms in total. The van der Waals surface area contributed by atoms with Gasteiger partial charge in [0, 0.05) is 5.92 Å². The molecule has 2 heterocycles. The normalized spacial score (nSPS) is 24.8. The van der Waals surface area contributed by atoms with E-state index in [9.17, 15) is 4.79 Å². The molecule has 0 spiro atoms. The molecule has 5 heteroatoms. The van der Waals surface area contributed by atoms with Crippen LogP contribution in [0, 0.1) is 5.92 Å². The number of benzene rings is 2. The van der Waals surface area contributed by atoms with Gasteiger partial charge < -0.3 is 13.9 Å². The second-order valence-electron chi connectivity index (χ2n) is 8.74. The summed E-state index contributed by atoms with van der Waals surface area (Å²) in [5, 5.41) is 2.43. The zero-order chi connectivity index (χ0) is 19.8. The Hall–Kier alpha value is -1.95. The Kier molecular flexibility index (Phi) is 5.16. The van der Waals surface area contributed by atoms with Crippen molar-refractivity contribution in [1.82, 2.24) is 0 Å². The van der Waals surface area contributed by atoms with E-state index >= 15 is 0 Å². The van der Waals surface area contributed by atoms with Crippen LogP contribution in [0.1, 0.15) is 27.2 Å². The molecule has 0 N–H and O–H groups in total. The van der Waals surface area contributed by atoms with Crippen LogP contribution in [0.25, 0.3) is 0 Å². The molecule has 148 valence electrons. The third-order valence-corrected chi connectivity index (χ3v) is 11.0. The van der Waals surface area contributed by atoms with Gasteiger partial charge in [0.25, 0.3) is 8.32 Å². The van der Waals surface area contributed by atoms with Gasteiger partial charge in [-0.2, -0.15) is 0 Å². The van der Waals surface area contributed by atoms with Gasteiger partial charge in [-0.25, -0.2) is 0 Å². The molecule has 4 rings (SSSR count). The van der Waals surface area contributed by atoms with Gasteiger partial charge in [-0.15, -0.1) is 0 Å². The Bertz CT molecular complexity index is 776. The Balaban J connectivity index is 1.70. The van der Waals surface area contributed by atoms with E-state index in [2.05, 4.69) is 69.3 Å². The first kappa shape index (κ1) is 19.4. The topological polar surface area (TPSA) is 44.8 Å². The Labute approximate surface area is 167 Å². The molecule has 0 aromatic heterocycles. The van der Waals surface area contributed by atoms with Crippen LogP contribution >= 0.6 is 0 Å². The fraction of sp³-hybridized carbons (Fsp3) is 0.435. The van der Waals surface area contributed by atoms with Crippen molar-refractivity contribution in [2.45, 2.75) is 44.4 Å². The molecule has 0 radical (unpaired) electrons. The van der Waals surface area contributed by atoms with Gasteiger partial charge in [0.15, 0.2) is 0 Å². The standard InChI is InChI=1S/C23H28O4Si/c1-23(2,3)28(17-10-6-4-7-11-17,18-12-8-5-9-13-18)26-16-20-19-14-22(24)27-21(19)15-25-20/h4-13,19-21H,14-16H2,1-3H3/t19-,20-,21?/m1/s1. The SMILES string of the molecule is CC(C)(C)[Si](OC[C@H]1OCC2OC(=O)C[C@@H]21)(c1ccccc1)c1ccccc1. The summed E-state index contributed by atoms with van der Waals surface area (Å²) in [5.41, 5.74) is 0. The van der Waals surface area contributed by atoms with E-state index in [0.29, 0.717) is 19.6 Å². The van der Waals surface area contributed by atoms with Gasteiger partial charge in [0.2, 0.25) is 0 Å². The lowest BCUT2D eigenvalue weighted by Crippen LogP contribution is -2.67. The predicted molar refractivity (Wildman–Crippen MR) is 111 cm³/mol. The van der Waals surface area contributed by atoms with E-state index in [1.54, 1.807) is 0 Å². The molecule has 2 aliphatic rings. The summed E-state index contributed by atoms with van der Waals surface area (Å²) in [6.45, 7) is 7.75. The maximum absolute atomic E-state index is 11.7. The van der Waals surface area contributed by atoms with Gasteiger partial charge in [0.05, 0.1) is 25.7 Å². The Morgan fingerprint density at radius 3 is 2.11 bits per heavy atom. The van der Waals surface area contributed by atoms with Crippen molar-refractivity contribution in [3.63, 3.8) is 0 Å². The number of rotatable bonds is 5. The lowest BCUT2D eigenvalue weighted by atomic mass is 9.98. The van der Waals surface area contributed by atoms with Crippen molar-refractivity contribution < 1.29 is 18.7 Å². The monoisotopic (exact) mass is 396 g/mol. The summed E-state index contributed by atoms with van der Waals surface area (Å²) >= 11 is 0. The lowest BCUT2D eigenvalue weighted by molar-refractivity contribution is -0.142. The van der Waals surface area contributed by atoms with E-state index in [4.69, 9.17) is 13.9 Å². The highest BCUT2D eigenvalue weighted by Gasteiger charge is 2.52. The number of ether oxygens (including phenoxy) is 2. The van der Waals surface area contributed by atoms with Crippen LogP contribution in [0.5, 0.6) is 0 Å². The molecule has 2 fully saturated rings. The average molecular weight is 397 g/mol. The molecule has 28 heavy (non-hydrogen) atoms. The first-order valence-corrected chi connectivity index (χ1v) is 11.9. The lowest BCUT2D eigenvalue weighted by Gasteiger charge is -2.43. The molecular weight excluding hydrogens is 368 g/mol. The second-order valence-corrected chi connectivity index (χ2v) is 13.0. The number of esters is 1. The van der Waals surface area contributed by atoms with E-state index < -0.39 is 8.32 Å². The highest BCUT2D eigenvalue weighted by atomic mass is 28.4. The van der Waals surface area contributed by atoms with Crippen molar-refractivity contribution in [3.05, 3.63) is 60.7 Å². The summed E-state index contributed by atoms with van der Waals surface area (Å²) in [5.74, 6) is -0.0144. The van der Waals surface area contributed by atoms with Gasteiger partial charge in [-0.3, -0.25) is 4.79 Å². The number of carbonyl (C=O) groups is 1. The molecule has 2 aliphatic heterocycles. The molecular formula is C23H28O4Si. The molecule has 0 aliphatic carbocycles. The number of fused-ring (bicyclic) bond motifs is 1. The Morgan fingerprint density at radius 2 is 1.57 bits per heavy atom. The zero-order valence-electron chi connectivity index (χ0n) is 16.8. The van der Waals surface area contributed by atoms with Crippen LogP contribution in [0.15, 0.2) is 60.7 Å². The van der Waals surface area contributed by atoms with E-state index in [0.717, 1.165) is 0 Å². The number of hydrogen-bond donors (Lipinski definition) is 0. The van der Waals surface area contributed by atoms with Gasteiger partial charge in [0.1, 0.15) is 6.10 Å². The van der Waals surface area contributed by atoms with Crippen LogP contribution in [0.4, 0.5) is 0 Å². The van der Waals surface area contributed by atoms with Gasteiger partial charge in [-0.05, 0) is 15.4 Å². The van der Waals surface area contributed by atoms with Crippen LogP contribution < -0.4 is 10.4 Å². The quantitative estimate of drug-likeness (QED) is 0.576. The van der Waals surface area contributed by atoms with Crippen molar-refractivity contribution in [2.75, 3.05) is 13.2 Å². The van der Waals surface area contributed by atoms with Crippen LogP contribution in [0.3, 0.4) is 0 Å². The largest absolute Gasteiger partial charge is 0.459 e. The number of hydrogen-bond acceptors (Lipinski definition) is 4. The van der Waals surface area contributed by atoms with Crippen molar-refractivity contribution in [3.8, 4) is 0 Å². The second kappa shape index (κ2) is 7.47. The zero-order valence-corrected chi connectivity index (χ0v) is 17.8. The van der Waals surface area contributed by atoms with E-state index in [1.165, 1.54) is 10.4 Å². The molecule has 2 saturated heterocycles. The highest BCUT2D eigenvalue weighted by molar-refractivity contribution is 6.99. The highest BCUT2D eigenvalue weighted by Crippen LogP contribution is 2.39. The maximum Gasteiger partial charge on any atom is 0.306 e. The van der Waals surface area contributed by atoms with Crippen molar-refractivity contribution in [1.29, 1.82) is 0 Å². The molecule has 1 unspecified atom stereocenters. The molecule has 3 atom stereocenters. The summed E-state index contributed by atoms with van der Waals surface area (Å²) in [4.78, 5) is 11.7. The molecule has 2 aromatic carbocycles. The third-order valence-electron chi connectivity index (χ3n) is 6.00. The average Bonchev–Trinajstić information content (AvgIpc) is 3.22. The number of carbonyl (C=O) groups excluding carboxylic acids is 1. The first-order chi connectivity index (χ1) is 13.4.